The average molecular weight is 550 g/mol. The molecule has 0 saturated carbocycles. The number of aryl methyl sites for hydroxylation is 1. The predicted molar refractivity (Wildman–Crippen MR) is 151 cm³/mol. The number of methoxy groups -OCH3 is 1. The topological polar surface area (TPSA) is 88.2 Å². The van der Waals surface area contributed by atoms with Crippen molar-refractivity contribution in [3.8, 4) is 11.5 Å². The van der Waals surface area contributed by atoms with E-state index in [0.717, 1.165) is 30.8 Å². The van der Waals surface area contributed by atoms with Gasteiger partial charge in [0, 0.05) is 13.1 Å². The number of fused-ring (bicyclic) bond motifs is 1. The van der Waals surface area contributed by atoms with Crippen LogP contribution in [0, 0.1) is 6.92 Å². The molecule has 1 N–H and O–H groups in total. The third kappa shape index (κ3) is 6.20. The number of benzene rings is 3. The number of anilines is 1. The molecule has 0 aromatic heterocycles. The minimum absolute atomic E-state index is 0.112. The minimum Gasteiger partial charge on any atom is -0.497 e. The monoisotopic (exact) mass is 549 g/mol. The van der Waals surface area contributed by atoms with Crippen molar-refractivity contribution in [2.24, 2.45) is 0 Å². The third-order valence-electron chi connectivity index (χ3n) is 7.27. The molecular weight excluding hydrogens is 514 g/mol. The number of piperidine rings is 1. The predicted octanol–water partition coefficient (Wildman–Crippen LogP) is 4.26. The van der Waals surface area contributed by atoms with Gasteiger partial charge in [-0.15, -0.1) is 0 Å². The minimum atomic E-state index is -3.95. The first-order chi connectivity index (χ1) is 18.8. The fourth-order valence-corrected chi connectivity index (χ4v) is 6.52. The van der Waals surface area contributed by atoms with Crippen LogP contribution in [-0.2, 0) is 27.9 Å². The van der Waals surface area contributed by atoms with E-state index >= 15 is 0 Å². The number of nitrogens with one attached hydrogen (secondary N) is 1. The zero-order chi connectivity index (χ0) is 27.4. The molecule has 5 rings (SSSR count). The lowest BCUT2D eigenvalue weighted by Crippen LogP contribution is -2.50. The molecule has 3 aromatic carbocycles. The van der Waals surface area contributed by atoms with E-state index in [9.17, 15) is 13.2 Å². The SMILES string of the molecule is COc1ccc(S(=O)(=O)N2C[C@@H](C(=O)NCc3ccc(CN4CCCCC4)cc3)Oc3cc(C)ccc32)cc1. The summed E-state index contributed by atoms with van der Waals surface area (Å²) in [6, 6.07) is 19.8. The number of ether oxygens (including phenoxy) is 2. The standard InChI is InChI=1S/C30H35N3O5S/c1-22-6-15-27-28(18-22)38-29(21-33(27)39(35,36)26-13-11-25(37-2)12-14-26)30(34)31-19-23-7-9-24(10-8-23)20-32-16-4-3-5-17-32/h6-15,18,29H,3-5,16-17,19-21H2,1-2H3,(H,31,34)/t29-/m0/s1. The molecule has 0 aliphatic carbocycles. The smallest absolute Gasteiger partial charge is 0.264 e. The van der Waals surface area contributed by atoms with Crippen LogP contribution in [0.3, 0.4) is 0 Å². The molecule has 1 amide bonds. The van der Waals surface area contributed by atoms with E-state index in [1.807, 2.05) is 25.1 Å². The number of nitrogens with zero attached hydrogens (tertiary/aromatic N) is 2. The summed E-state index contributed by atoms with van der Waals surface area (Å²) in [6.45, 7) is 5.32. The van der Waals surface area contributed by atoms with Crippen molar-refractivity contribution in [3.63, 3.8) is 0 Å². The molecule has 2 heterocycles. The number of amides is 1. The summed E-state index contributed by atoms with van der Waals surface area (Å²) in [5, 5.41) is 2.93. The summed E-state index contributed by atoms with van der Waals surface area (Å²) < 4.78 is 39.7. The van der Waals surface area contributed by atoms with Crippen LogP contribution in [0.5, 0.6) is 11.5 Å². The van der Waals surface area contributed by atoms with Gasteiger partial charge in [-0.2, -0.15) is 0 Å². The maximum Gasteiger partial charge on any atom is 0.264 e. The lowest BCUT2D eigenvalue weighted by molar-refractivity contribution is -0.127. The maximum atomic E-state index is 13.7. The Balaban J connectivity index is 1.28. The van der Waals surface area contributed by atoms with Crippen molar-refractivity contribution in [1.29, 1.82) is 0 Å². The second kappa shape index (κ2) is 11.7. The first kappa shape index (κ1) is 27.0. The highest BCUT2D eigenvalue weighted by molar-refractivity contribution is 7.92. The molecule has 206 valence electrons. The molecule has 2 aliphatic heterocycles. The van der Waals surface area contributed by atoms with Gasteiger partial charge in [0.2, 0.25) is 0 Å². The van der Waals surface area contributed by atoms with Crippen LogP contribution in [0.1, 0.15) is 36.0 Å². The molecule has 2 aliphatic rings. The lowest BCUT2D eigenvalue weighted by atomic mass is 10.1. The number of hydrogen-bond donors (Lipinski definition) is 1. The summed E-state index contributed by atoms with van der Waals surface area (Å²) >= 11 is 0. The number of carbonyl (C=O) groups excluding carboxylic acids is 1. The number of carbonyl (C=O) groups is 1. The van der Waals surface area contributed by atoms with E-state index in [0.29, 0.717) is 23.7 Å². The summed E-state index contributed by atoms with van der Waals surface area (Å²) in [7, 11) is -2.43. The van der Waals surface area contributed by atoms with Gasteiger partial charge in [0.05, 0.1) is 24.2 Å². The van der Waals surface area contributed by atoms with Gasteiger partial charge in [0.15, 0.2) is 6.10 Å². The Bertz CT molecular complexity index is 1400. The number of rotatable bonds is 8. The molecule has 8 nitrogen and oxygen atoms in total. The Morgan fingerprint density at radius 3 is 2.36 bits per heavy atom. The van der Waals surface area contributed by atoms with Gasteiger partial charge in [-0.05, 0) is 85.9 Å². The van der Waals surface area contributed by atoms with Gasteiger partial charge in [-0.3, -0.25) is 14.0 Å². The zero-order valence-corrected chi connectivity index (χ0v) is 23.2. The van der Waals surface area contributed by atoms with Gasteiger partial charge in [-0.25, -0.2) is 8.42 Å². The van der Waals surface area contributed by atoms with Gasteiger partial charge >= 0.3 is 0 Å². The van der Waals surface area contributed by atoms with E-state index in [2.05, 4.69) is 22.3 Å². The molecule has 0 unspecified atom stereocenters. The van der Waals surface area contributed by atoms with E-state index in [1.54, 1.807) is 24.3 Å². The normalized spacial score (nSPS) is 17.7. The van der Waals surface area contributed by atoms with Crippen molar-refractivity contribution in [1.82, 2.24) is 10.2 Å². The maximum absolute atomic E-state index is 13.7. The van der Waals surface area contributed by atoms with Crippen LogP contribution in [-0.4, -0.2) is 52.1 Å². The fourth-order valence-electron chi connectivity index (χ4n) is 5.04. The molecule has 1 saturated heterocycles. The first-order valence-electron chi connectivity index (χ1n) is 13.4. The van der Waals surface area contributed by atoms with E-state index in [-0.39, 0.29) is 17.3 Å². The van der Waals surface area contributed by atoms with Gasteiger partial charge < -0.3 is 14.8 Å². The fraction of sp³-hybridized carbons (Fsp3) is 0.367. The van der Waals surface area contributed by atoms with Crippen LogP contribution in [0.4, 0.5) is 5.69 Å². The number of sulfonamides is 1. The highest BCUT2D eigenvalue weighted by Crippen LogP contribution is 2.38. The molecule has 9 heteroatoms. The second-order valence-corrected chi connectivity index (χ2v) is 12.0. The first-order valence-corrected chi connectivity index (χ1v) is 14.8. The summed E-state index contributed by atoms with van der Waals surface area (Å²) in [6.07, 6.45) is 2.84. The quantitative estimate of drug-likeness (QED) is 0.452. The highest BCUT2D eigenvalue weighted by Gasteiger charge is 2.37. The Morgan fingerprint density at radius 2 is 1.67 bits per heavy atom. The third-order valence-corrected chi connectivity index (χ3v) is 9.06. The van der Waals surface area contributed by atoms with Crippen LogP contribution >= 0.6 is 0 Å². The summed E-state index contributed by atoms with van der Waals surface area (Å²) in [4.78, 5) is 15.8. The van der Waals surface area contributed by atoms with Crippen LogP contribution in [0.15, 0.2) is 71.6 Å². The van der Waals surface area contributed by atoms with Crippen LogP contribution < -0.4 is 19.1 Å². The molecule has 1 atom stereocenters. The van der Waals surface area contributed by atoms with Crippen molar-refractivity contribution in [2.75, 3.05) is 31.0 Å². The van der Waals surface area contributed by atoms with Gasteiger partial charge in [0.1, 0.15) is 11.5 Å². The van der Waals surface area contributed by atoms with Crippen molar-refractivity contribution < 1.29 is 22.7 Å². The van der Waals surface area contributed by atoms with E-state index in [4.69, 9.17) is 9.47 Å². The molecule has 39 heavy (non-hydrogen) atoms. The molecule has 0 bridgehead atoms. The van der Waals surface area contributed by atoms with Crippen LogP contribution in [0.25, 0.3) is 0 Å². The Kier molecular flexibility index (Phi) is 8.09. The molecule has 1 fully saturated rings. The van der Waals surface area contributed by atoms with Crippen molar-refractivity contribution in [2.45, 2.75) is 50.3 Å². The molecular formula is C30H35N3O5S. The highest BCUT2D eigenvalue weighted by atomic mass is 32.2. The zero-order valence-electron chi connectivity index (χ0n) is 22.4. The number of hydrogen-bond acceptors (Lipinski definition) is 6. The Morgan fingerprint density at radius 1 is 0.974 bits per heavy atom. The average Bonchev–Trinajstić information content (AvgIpc) is 2.96. The molecule has 3 aromatic rings. The Labute approximate surface area is 230 Å². The summed E-state index contributed by atoms with van der Waals surface area (Å²) in [5.74, 6) is 0.554. The van der Waals surface area contributed by atoms with Crippen LogP contribution in [0.2, 0.25) is 0 Å². The molecule has 0 radical (unpaired) electrons. The lowest BCUT2D eigenvalue weighted by Gasteiger charge is -2.35. The van der Waals surface area contributed by atoms with Gasteiger partial charge in [0.25, 0.3) is 15.9 Å². The Hall–Kier alpha value is -3.56. The summed E-state index contributed by atoms with van der Waals surface area (Å²) in [5.41, 5.74) is 3.54. The largest absolute Gasteiger partial charge is 0.497 e. The van der Waals surface area contributed by atoms with Crippen molar-refractivity contribution >= 4 is 21.6 Å². The molecule has 0 spiro atoms. The van der Waals surface area contributed by atoms with E-state index in [1.165, 1.54) is 48.4 Å². The second-order valence-electron chi connectivity index (χ2n) is 10.2. The van der Waals surface area contributed by atoms with Crippen molar-refractivity contribution in [3.05, 3.63) is 83.4 Å². The number of likely N-dealkylation sites (tertiary alicyclic amines) is 1. The van der Waals surface area contributed by atoms with Gasteiger partial charge in [-0.1, -0.05) is 36.8 Å². The van der Waals surface area contributed by atoms with E-state index < -0.39 is 16.1 Å².